The van der Waals surface area contributed by atoms with Crippen LogP contribution in [0.25, 0.3) is 11.0 Å². The number of amides is 1. The van der Waals surface area contributed by atoms with Crippen molar-refractivity contribution in [1.29, 1.82) is 0 Å². The fourth-order valence-electron chi connectivity index (χ4n) is 3.71. The standard InChI is InChI=1S/C20H21N3O2/c1-21-17-10-4-5-11-18(17)23(20(21)25)14-12-19(24)22-13-6-8-15-7-2-3-9-16(15)22/h2-5,7,9-11H,6,8,12-14H2,1H3. The highest BCUT2D eigenvalue weighted by Crippen LogP contribution is 2.27. The monoisotopic (exact) mass is 335 g/mol. The van der Waals surface area contributed by atoms with Gasteiger partial charge in [-0.05, 0) is 36.6 Å². The predicted molar refractivity (Wildman–Crippen MR) is 98.9 cm³/mol. The Bertz CT molecular complexity index is 1000. The van der Waals surface area contributed by atoms with Crippen molar-refractivity contribution >= 4 is 22.6 Å². The van der Waals surface area contributed by atoms with Gasteiger partial charge in [0, 0.05) is 32.2 Å². The second kappa shape index (κ2) is 6.24. The number of carbonyl (C=O) groups is 1. The first-order valence-electron chi connectivity index (χ1n) is 8.69. The van der Waals surface area contributed by atoms with Crippen molar-refractivity contribution in [2.75, 3.05) is 11.4 Å². The Balaban J connectivity index is 1.58. The fraction of sp³-hybridized carbons (Fsp3) is 0.300. The van der Waals surface area contributed by atoms with Crippen molar-refractivity contribution < 1.29 is 4.79 Å². The highest BCUT2D eigenvalue weighted by molar-refractivity contribution is 5.94. The minimum atomic E-state index is -0.0759. The molecule has 1 aromatic heterocycles. The van der Waals surface area contributed by atoms with Crippen LogP contribution >= 0.6 is 0 Å². The molecule has 3 aromatic rings. The molecule has 0 aliphatic carbocycles. The van der Waals surface area contributed by atoms with Crippen LogP contribution in [0.1, 0.15) is 18.4 Å². The molecule has 0 radical (unpaired) electrons. The van der Waals surface area contributed by atoms with Crippen molar-refractivity contribution in [3.8, 4) is 0 Å². The molecule has 128 valence electrons. The van der Waals surface area contributed by atoms with E-state index in [0.717, 1.165) is 36.1 Å². The predicted octanol–water partition coefficient (Wildman–Crippen LogP) is 2.71. The molecule has 1 aliphatic heterocycles. The van der Waals surface area contributed by atoms with Crippen LogP contribution in [0.4, 0.5) is 5.69 Å². The summed E-state index contributed by atoms with van der Waals surface area (Å²) in [5, 5.41) is 0. The number of rotatable bonds is 3. The van der Waals surface area contributed by atoms with Gasteiger partial charge in [-0.15, -0.1) is 0 Å². The number of aryl methyl sites for hydroxylation is 3. The molecule has 0 atom stereocenters. The number of nitrogens with zero attached hydrogens (tertiary/aromatic N) is 3. The van der Waals surface area contributed by atoms with Crippen LogP contribution in [-0.4, -0.2) is 21.6 Å². The van der Waals surface area contributed by atoms with Crippen LogP contribution in [0.5, 0.6) is 0 Å². The van der Waals surface area contributed by atoms with Crippen LogP contribution < -0.4 is 10.6 Å². The second-order valence-electron chi connectivity index (χ2n) is 6.51. The lowest BCUT2D eigenvalue weighted by Gasteiger charge is -2.29. The zero-order valence-corrected chi connectivity index (χ0v) is 14.3. The Labute approximate surface area is 146 Å². The van der Waals surface area contributed by atoms with Gasteiger partial charge in [0.05, 0.1) is 11.0 Å². The smallest absolute Gasteiger partial charge is 0.312 e. The molecule has 0 bridgehead atoms. The van der Waals surface area contributed by atoms with Crippen LogP contribution in [0.3, 0.4) is 0 Å². The number of carbonyl (C=O) groups excluding carboxylic acids is 1. The minimum Gasteiger partial charge on any atom is -0.312 e. The zero-order chi connectivity index (χ0) is 17.4. The number of anilines is 1. The summed E-state index contributed by atoms with van der Waals surface area (Å²) >= 11 is 0. The summed E-state index contributed by atoms with van der Waals surface area (Å²) in [6, 6.07) is 15.8. The maximum absolute atomic E-state index is 12.8. The SMILES string of the molecule is Cn1c(=O)n(CCC(=O)N2CCCc3ccccc32)c2ccccc21. The number of aromatic nitrogens is 2. The third kappa shape index (κ3) is 2.65. The number of hydrogen-bond donors (Lipinski definition) is 0. The molecule has 0 unspecified atom stereocenters. The van der Waals surface area contributed by atoms with Crippen molar-refractivity contribution in [3.05, 3.63) is 64.6 Å². The quantitative estimate of drug-likeness (QED) is 0.739. The van der Waals surface area contributed by atoms with Crippen molar-refractivity contribution in [2.45, 2.75) is 25.8 Å². The molecule has 0 spiro atoms. The van der Waals surface area contributed by atoms with E-state index in [1.165, 1.54) is 5.56 Å². The van der Waals surface area contributed by atoms with E-state index in [-0.39, 0.29) is 11.6 Å². The summed E-state index contributed by atoms with van der Waals surface area (Å²) in [4.78, 5) is 27.1. The van der Waals surface area contributed by atoms with Crippen molar-refractivity contribution in [2.24, 2.45) is 7.05 Å². The Morgan fingerprint density at radius 3 is 2.60 bits per heavy atom. The van der Waals surface area contributed by atoms with E-state index in [9.17, 15) is 9.59 Å². The Morgan fingerprint density at radius 2 is 1.76 bits per heavy atom. The first-order chi connectivity index (χ1) is 12.2. The summed E-state index contributed by atoms with van der Waals surface area (Å²) in [5.41, 5.74) is 3.94. The molecule has 0 N–H and O–H groups in total. The van der Waals surface area contributed by atoms with E-state index in [1.54, 1.807) is 16.2 Å². The van der Waals surface area contributed by atoms with Gasteiger partial charge in [-0.25, -0.2) is 4.79 Å². The molecule has 25 heavy (non-hydrogen) atoms. The first kappa shape index (κ1) is 15.7. The lowest BCUT2D eigenvalue weighted by Crippen LogP contribution is -2.36. The maximum atomic E-state index is 12.8. The molecule has 5 heteroatoms. The van der Waals surface area contributed by atoms with Gasteiger partial charge >= 0.3 is 5.69 Å². The second-order valence-corrected chi connectivity index (χ2v) is 6.51. The van der Waals surface area contributed by atoms with E-state index < -0.39 is 0 Å². The van der Waals surface area contributed by atoms with E-state index in [4.69, 9.17) is 0 Å². The largest absolute Gasteiger partial charge is 0.328 e. The van der Waals surface area contributed by atoms with Gasteiger partial charge in [0.15, 0.2) is 0 Å². The summed E-state index contributed by atoms with van der Waals surface area (Å²) < 4.78 is 3.33. The lowest BCUT2D eigenvalue weighted by atomic mass is 10.0. The van der Waals surface area contributed by atoms with Crippen molar-refractivity contribution in [3.63, 3.8) is 0 Å². The third-order valence-electron chi connectivity index (χ3n) is 5.01. The minimum absolute atomic E-state index is 0.0759. The topological polar surface area (TPSA) is 47.2 Å². The van der Waals surface area contributed by atoms with Gasteiger partial charge in [0.1, 0.15) is 0 Å². The molecule has 2 heterocycles. The summed E-state index contributed by atoms with van der Waals surface area (Å²) in [7, 11) is 1.77. The average Bonchev–Trinajstić information content (AvgIpc) is 2.90. The number of para-hydroxylation sites is 3. The zero-order valence-electron chi connectivity index (χ0n) is 14.3. The summed E-state index contributed by atoms with van der Waals surface area (Å²) in [5.74, 6) is 0.0759. The summed E-state index contributed by atoms with van der Waals surface area (Å²) in [6.45, 7) is 1.15. The molecule has 0 fully saturated rings. The van der Waals surface area contributed by atoms with E-state index >= 15 is 0 Å². The highest BCUT2D eigenvalue weighted by atomic mass is 16.2. The molecule has 2 aromatic carbocycles. The molecular formula is C20H21N3O2. The fourth-order valence-corrected chi connectivity index (χ4v) is 3.71. The van der Waals surface area contributed by atoms with Gasteiger partial charge in [-0.1, -0.05) is 30.3 Å². The Hall–Kier alpha value is -2.82. The Morgan fingerprint density at radius 1 is 1.04 bits per heavy atom. The van der Waals surface area contributed by atoms with E-state index in [1.807, 2.05) is 47.4 Å². The molecule has 1 amide bonds. The van der Waals surface area contributed by atoms with Gasteiger partial charge in [0.2, 0.25) is 5.91 Å². The van der Waals surface area contributed by atoms with Gasteiger partial charge < -0.3 is 4.90 Å². The normalized spacial score (nSPS) is 13.9. The Kier molecular flexibility index (Phi) is 3.92. The number of fused-ring (bicyclic) bond motifs is 2. The number of benzene rings is 2. The molecule has 5 nitrogen and oxygen atoms in total. The molecular weight excluding hydrogens is 314 g/mol. The van der Waals surface area contributed by atoms with E-state index in [0.29, 0.717) is 13.0 Å². The van der Waals surface area contributed by atoms with Crippen LogP contribution in [0.2, 0.25) is 0 Å². The highest BCUT2D eigenvalue weighted by Gasteiger charge is 2.22. The molecule has 1 aliphatic rings. The van der Waals surface area contributed by atoms with Gasteiger partial charge in [0.25, 0.3) is 0 Å². The molecule has 0 saturated heterocycles. The lowest BCUT2D eigenvalue weighted by molar-refractivity contribution is -0.118. The van der Waals surface area contributed by atoms with Crippen LogP contribution in [0.15, 0.2) is 53.3 Å². The number of hydrogen-bond acceptors (Lipinski definition) is 2. The van der Waals surface area contributed by atoms with Gasteiger partial charge in [-0.3, -0.25) is 13.9 Å². The molecule has 0 saturated carbocycles. The maximum Gasteiger partial charge on any atom is 0.328 e. The first-order valence-corrected chi connectivity index (χ1v) is 8.69. The van der Waals surface area contributed by atoms with E-state index in [2.05, 4.69) is 6.07 Å². The average molecular weight is 335 g/mol. The van der Waals surface area contributed by atoms with Gasteiger partial charge in [-0.2, -0.15) is 0 Å². The summed E-state index contributed by atoms with van der Waals surface area (Å²) in [6.07, 6.45) is 2.32. The molecule has 4 rings (SSSR count). The van der Waals surface area contributed by atoms with Crippen LogP contribution in [-0.2, 0) is 24.8 Å². The van der Waals surface area contributed by atoms with Crippen LogP contribution in [0, 0.1) is 0 Å². The third-order valence-corrected chi connectivity index (χ3v) is 5.01. The number of imidazole rings is 1. The van der Waals surface area contributed by atoms with Crippen molar-refractivity contribution in [1.82, 2.24) is 9.13 Å².